The van der Waals surface area contributed by atoms with Crippen LogP contribution in [0.1, 0.15) is 18.5 Å². The highest BCUT2D eigenvalue weighted by Gasteiger charge is 2.05. The Labute approximate surface area is 58.6 Å². The quantitative estimate of drug-likeness (QED) is 0.656. The first-order valence-corrected chi connectivity index (χ1v) is 3.07. The van der Waals surface area contributed by atoms with Gasteiger partial charge in [-0.15, -0.1) is 0 Å². The molecule has 0 saturated carbocycles. The van der Waals surface area contributed by atoms with Crippen LogP contribution in [0.2, 0.25) is 5.02 Å². The van der Waals surface area contributed by atoms with E-state index >= 15 is 0 Å². The summed E-state index contributed by atoms with van der Waals surface area (Å²) in [4.78, 5) is 0. The minimum Gasteiger partial charge on any atom is -0.471 e. The largest absolute Gasteiger partial charge is 0.471 e. The van der Waals surface area contributed by atoms with Gasteiger partial charge in [0.1, 0.15) is 6.26 Å². The van der Waals surface area contributed by atoms with Crippen LogP contribution in [0.25, 0.3) is 0 Å². The summed E-state index contributed by atoms with van der Waals surface area (Å²) in [7, 11) is 0. The zero-order chi connectivity index (χ0) is 6.85. The molecule has 2 N–H and O–H groups in total. The lowest BCUT2D eigenvalue weighted by atomic mass is 10.2. The molecule has 1 aromatic rings. The Morgan fingerprint density at radius 2 is 2.33 bits per heavy atom. The third-order valence-corrected chi connectivity index (χ3v) is 1.44. The predicted octanol–water partition coefficient (Wildman–Crippen LogP) is 1.95. The Balaban J connectivity index is 2.94. The normalized spacial score (nSPS) is 13.7. The first-order chi connectivity index (χ1) is 4.22. The van der Waals surface area contributed by atoms with Gasteiger partial charge in [-0.1, -0.05) is 11.6 Å². The SMILES string of the molecule is C[C@@H](N)c1cocc1Cl. The fourth-order valence-corrected chi connectivity index (χ4v) is 0.884. The number of hydrogen-bond acceptors (Lipinski definition) is 2. The molecule has 0 saturated heterocycles. The highest BCUT2D eigenvalue weighted by molar-refractivity contribution is 6.31. The summed E-state index contributed by atoms with van der Waals surface area (Å²) < 4.78 is 4.79. The lowest BCUT2D eigenvalue weighted by molar-refractivity contribution is 0.561. The lowest BCUT2D eigenvalue weighted by Gasteiger charge is -1.98. The smallest absolute Gasteiger partial charge is 0.109 e. The van der Waals surface area contributed by atoms with Crippen LogP contribution >= 0.6 is 11.6 Å². The van der Waals surface area contributed by atoms with Gasteiger partial charge in [-0.2, -0.15) is 0 Å². The molecule has 1 atom stereocenters. The van der Waals surface area contributed by atoms with Crippen LogP contribution in [0.4, 0.5) is 0 Å². The van der Waals surface area contributed by atoms with Crippen molar-refractivity contribution < 1.29 is 4.42 Å². The predicted molar refractivity (Wildman–Crippen MR) is 36.3 cm³/mol. The maximum atomic E-state index is 5.66. The fourth-order valence-electron chi connectivity index (χ4n) is 0.616. The van der Waals surface area contributed by atoms with Crippen molar-refractivity contribution in [3.8, 4) is 0 Å². The van der Waals surface area contributed by atoms with Gasteiger partial charge in [-0.25, -0.2) is 0 Å². The van der Waals surface area contributed by atoms with E-state index in [9.17, 15) is 0 Å². The number of halogens is 1. The lowest BCUT2D eigenvalue weighted by Crippen LogP contribution is -2.03. The molecule has 0 bridgehead atoms. The third kappa shape index (κ3) is 1.26. The van der Waals surface area contributed by atoms with Gasteiger partial charge < -0.3 is 10.2 Å². The molecule has 0 aliphatic heterocycles. The minimum absolute atomic E-state index is 0.0451. The highest BCUT2D eigenvalue weighted by atomic mass is 35.5. The van der Waals surface area contributed by atoms with E-state index in [1.807, 2.05) is 6.92 Å². The Kier molecular flexibility index (Phi) is 1.78. The Bertz CT molecular complexity index is 195. The molecular formula is C6H8ClNO. The van der Waals surface area contributed by atoms with Crippen molar-refractivity contribution in [1.29, 1.82) is 0 Å². The number of rotatable bonds is 1. The molecule has 0 unspecified atom stereocenters. The van der Waals surface area contributed by atoms with Gasteiger partial charge in [0.25, 0.3) is 0 Å². The second kappa shape index (κ2) is 2.42. The van der Waals surface area contributed by atoms with Gasteiger partial charge in [0.2, 0.25) is 0 Å². The molecule has 0 aliphatic carbocycles. The molecule has 1 aromatic heterocycles. The van der Waals surface area contributed by atoms with Crippen LogP contribution in [0, 0.1) is 0 Å². The molecule has 3 heteroatoms. The summed E-state index contributed by atoms with van der Waals surface area (Å²) >= 11 is 5.66. The van der Waals surface area contributed by atoms with E-state index in [1.165, 1.54) is 6.26 Å². The highest BCUT2D eigenvalue weighted by Crippen LogP contribution is 2.21. The van der Waals surface area contributed by atoms with Crippen LogP contribution in [0.5, 0.6) is 0 Å². The standard InChI is InChI=1S/C6H8ClNO/c1-4(8)5-2-9-3-6(5)7/h2-4H,8H2,1H3/t4-/m1/s1. The molecule has 0 fully saturated rings. The van der Waals surface area contributed by atoms with Gasteiger partial charge in [0, 0.05) is 11.6 Å². The second-order valence-electron chi connectivity index (χ2n) is 1.96. The van der Waals surface area contributed by atoms with Crippen LogP contribution in [-0.4, -0.2) is 0 Å². The zero-order valence-electron chi connectivity index (χ0n) is 5.10. The Hall–Kier alpha value is -0.470. The van der Waals surface area contributed by atoms with Gasteiger partial charge in [-0.3, -0.25) is 0 Å². The zero-order valence-corrected chi connectivity index (χ0v) is 5.85. The molecule has 9 heavy (non-hydrogen) atoms. The molecule has 1 heterocycles. The number of nitrogens with two attached hydrogens (primary N) is 1. The summed E-state index contributed by atoms with van der Waals surface area (Å²) in [6.45, 7) is 1.86. The van der Waals surface area contributed by atoms with Crippen molar-refractivity contribution in [2.24, 2.45) is 5.73 Å². The van der Waals surface area contributed by atoms with E-state index in [2.05, 4.69) is 0 Å². The summed E-state index contributed by atoms with van der Waals surface area (Å²) in [5, 5.41) is 0.602. The molecular weight excluding hydrogens is 138 g/mol. The van der Waals surface area contributed by atoms with E-state index < -0.39 is 0 Å². The van der Waals surface area contributed by atoms with E-state index in [1.54, 1.807) is 6.26 Å². The maximum Gasteiger partial charge on any atom is 0.109 e. The summed E-state index contributed by atoms with van der Waals surface area (Å²) in [5.74, 6) is 0. The first-order valence-electron chi connectivity index (χ1n) is 2.69. The average Bonchev–Trinajstić information content (AvgIpc) is 2.13. The molecule has 2 nitrogen and oxygen atoms in total. The minimum atomic E-state index is -0.0451. The van der Waals surface area contributed by atoms with Crippen LogP contribution in [0.15, 0.2) is 16.9 Å². The van der Waals surface area contributed by atoms with Crippen molar-refractivity contribution in [2.75, 3.05) is 0 Å². The summed E-state index contributed by atoms with van der Waals surface area (Å²) in [5.41, 5.74) is 6.37. The second-order valence-corrected chi connectivity index (χ2v) is 2.37. The van der Waals surface area contributed by atoms with Gasteiger partial charge >= 0.3 is 0 Å². The fraction of sp³-hybridized carbons (Fsp3) is 0.333. The third-order valence-electron chi connectivity index (χ3n) is 1.13. The molecule has 0 aromatic carbocycles. The van der Waals surface area contributed by atoms with Crippen LogP contribution in [0.3, 0.4) is 0 Å². The molecule has 50 valence electrons. The first kappa shape index (κ1) is 6.65. The van der Waals surface area contributed by atoms with Gasteiger partial charge in [-0.05, 0) is 6.92 Å². The topological polar surface area (TPSA) is 39.2 Å². The number of furan rings is 1. The van der Waals surface area contributed by atoms with E-state index in [0.29, 0.717) is 5.02 Å². The molecule has 0 radical (unpaired) electrons. The van der Waals surface area contributed by atoms with Crippen molar-refractivity contribution in [1.82, 2.24) is 0 Å². The van der Waals surface area contributed by atoms with E-state index in [0.717, 1.165) is 5.56 Å². The summed E-state index contributed by atoms with van der Waals surface area (Å²) in [6.07, 6.45) is 3.03. The Morgan fingerprint density at radius 3 is 2.56 bits per heavy atom. The van der Waals surface area contributed by atoms with Crippen molar-refractivity contribution >= 4 is 11.6 Å². The maximum absolute atomic E-state index is 5.66. The average molecular weight is 146 g/mol. The molecule has 0 spiro atoms. The van der Waals surface area contributed by atoms with E-state index in [-0.39, 0.29) is 6.04 Å². The monoisotopic (exact) mass is 145 g/mol. The molecule has 0 aliphatic rings. The van der Waals surface area contributed by atoms with Crippen LogP contribution < -0.4 is 5.73 Å². The Morgan fingerprint density at radius 1 is 1.67 bits per heavy atom. The van der Waals surface area contributed by atoms with Crippen LogP contribution in [-0.2, 0) is 0 Å². The number of hydrogen-bond donors (Lipinski definition) is 1. The van der Waals surface area contributed by atoms with Gasteiger partial charge in [0.15, 0.2) is 0 Å². The molecule has 0 amide bonds. The molecule has 1 rings (SSSR count). The van der Waals surface area contributed by atoms with E-state index in [4.69, 9.17) is 21.8 Å². The van der Waals surface area contributed by atoms with Crippen molar-refractivity contribution in [2.45, 2.75) is 13.0 Å². The van der Waals surface area contributed by atoms with Crippen molar-refractivity contribution in [3.63, 3.8) is 0 Å². The van der Waals surface area contributed by atoms with Gasteiger partial charge in [0.05, 0.1) is 11.3 Å². The summed E-state index contributed by atoms with van der Waals surface area (Å²) in [6, 6.07) is -0.0451. The van der Waals surface area contributed by atoms with Crippen molar-refractivity contribution in [3.05, 3.63) is 23.1 Å².